The molecular weight excluding hydrogens is 258 g/mol. The Labute approximate surface area is 117 Å². The molecule has 0 N–H and O–H groups in total. The molecular formula is C13H19N5O2. The Kier molecular flexibility index (Phi) is 4.49. The highest BCUT2D eigenvalue weighted by molar-refractivity contribution is 5.88. The van der Waals surface area contributed by atoms with Crippen LogP contribution in [0.5, 0.6) is 0 Å². The van der Waals surface area contributed by atoms with Gasteiger partial charge in [-0.05, 0) is 19.4 Å². The van der Waals surface area contributed by atoms with Gasteiger partial charge in [0.15, 0.2) is 5.69 Å². The molecule has 2 rings (SSSR count). The lowest BCUT2D eigenvalue weighted by Crippen LogP contribution is -2.12. The molecule has 2 heterocycles. The Morgan fingerprint density at radius 2 is 2.20 bits per heavy atom. The molecule has 0 unspecified atom stereocenters. The Morgan fingerprint density at radius 1 is 1.40 bits per heavy atom. The van der Waals surface area contributed by atoms with Gasteiger partial charge in [-0.3, -0.25) is 4.68 Å². The van der Waals surface area contributed by atoms with Crippen LogP contribution in [-0.2, 0) is 24.8 Å². The molecule has 0 spiro atoms. The van der Waals surface area contributed by atoms with Crippen molar-refractivity contribution in [2.24, 2.45) is 7.05 Å². The number of rotatable bonds is 6. The molecule has 0 aromatic carbocycles. The molecule has 2 aromatic heterocycles. The van der Waals surface area contributed by atoms with Crippen LogP contribution < -0.4 is 0 Å². The fourth-order valence-corrected chi connectivity index (χ4v) is 2.00. The number of aryl methyl sites for hydroxylation is 1. The van der Waals surface area contributed by atoms with E-state index in [-0.39, 0.29) is 0 Å². The lowest BCUT2D eigenvalue weighted by atomic mass is 10.2. The van der Waals surface area contributed by atoms with E-state index in [0.29, 0.717) is 18.8 Å². The molecule has 7 heteroatoms. The number of esters is 1. The molecule has 0 aliphatic rings. The van der Waals surface area contributed by atoms with Gasteiger partial charge in [-0.25, -0.2) is 9.48 Å². The predicted octanol–water partition coefficient (Wildman–Crippen LogP) is 1.19. The normalized spacial score (nSPS) is 10.8. The van der Waals surface area contributed by atoms with Crippen LogP contribution in [0.1, 0.15) is 42.1 Å². The minimum atomic E-state index is -0.414. The van der Waals surface area contributed by atoms with Crippen molar-refractivity contribution >= 4 is 5.97 Å². The molecule has 0 amide bonds. The minimum absolute atomic E-state index is 0.310. The van der Waals surface area contributed by atoms with Crippen molar-refractivity contribution in [3.8, 4) is 0 Å². The predicted molar refractivity (Wildman–Crippen MR) is 72.3 cm³/mol. The summed E-state index contributed by atoms with van der Waals surface area (Å²) in [7, 11) is 1.86. The first-order valence-electron chi connectivity index (χ1n) is 6.73. The maximum Gasteiger partial charge on any atom is 0.360 e. The van der Waals surface area contributed by atoms with E-state index < -0.39 is 5.97 Å². The summed E-state index contributed by atoms with van der Waals surface area (Å²) in [6.45, 7) is 4.66. The van der Waals surface area contributed by atoms with Crippen LogP contribution in [-0.4, -0.2) is 37.4 Å². The molecule has 0 aliphatic carbocycles. The zero-order valence-corrected chi connectivity index (χ0v) is 12.0. The third-order valence-corrected chi connectivity index (χ3v) is 2.87. The summed E-state index contributed by atoms with van der Waals surface area (Å²) in [5.74, 6) is -0.414. The zero-order chi connectivity index (χ0) is 14.5. The first-order valence-corrected chi connectivity index (χ1v) is 6.73. The lowest BCUT2D eigenvalue weighted by molar-refractivity contribution is 0.0518. The van der Waals surface area contributed by atoms with E-state index in [2.05, 4.69) is 15.4 Å². The SMILES string of the molecule is CCCc1c(C(=O)OCC)nnn1Cc1ccn(C)n1. The molecule has 2 aromatic rings. The third kappa shape index (κ3) is 3.04. The van der Waals surface area contributed by atoms with Gasteiger partial charge in [0.2, 0.25) is 0 Å². The summed E-state index contributed by atoms with van der Waals surface area (Å²) in [4.78, 5) is 11.9. The van der Waals surface area contributed by atoms with E-state index >= 15 is 0 Å². The Morgan fingerprint density at radius 3 is 2.80 bits per heavy atom. The van der Waals surface area contributed by atoms with Gasteiger partial charge in [-0.1, -0.05) is 18.6 Å². The van der Waals surface area contributed by atoms with Gasteiger partial charge in [-0.2, -0.15) is 5.10 Å². The molecule has 0 atom stereocenters. The second-order valence-corrected chi connectivity index (χ2v) is 4.49. The quantitative estimate of drug-likeness (QED) is 0.741. The largest absolute Gasteiger partial charge is 0.461 e. The van der Waals surface area contributed by atoms with E-state index in [0.717, 1.165) is 24.2 Å². The van der Waals surface area contributed by atoms with Crippen LogP contribution >= 0.6 is 0 Å². The summed E-state index contributed by atoms with van der Waals surface area (Å²) in [6.07, 6.45) is 3.51. The van der Waals surface area contributed by atoms with Crippen molar-refractivity contribution in [1.29, 1.82) is 0 Å². The van der Waals surface area contributed by atoms with Crippen molar-refractivity contribution < 1.29 is 9.53 Å². The van der Waals surface area contributed by atoms with Crippen LogP contribution in [0.4, 0.5) is 0 Å². The highest BCUT2D eigenvalue weighted by Gasteiger charge is 2.20. The van der Waals surface area contributed by atoms with Gasteiger partial charge in [0, 0.05) is 13.2 Å². The van der Waals surface area contributed by atoms with Crippen LogP contribution in [0.2, 0.25) is 0 Å². The molecule has 0 aliphatic heterocycles. The first-order chi connectivity index (χ1) is 9.65. The Balaban J connectivity index is 2.26. The van der Waals surface area contributed by atoms with Crippen molar-refractivity contribution in [2.45, 2.75) is 33.2 Å². The maximum atomic E-state index is 11.9. The van der Waals surface area contributed by atoms with Gasteiger partial charge in [0.1, 0.15) is 0 Å². The highest BCUT2D eigenvalue weighted by Crippen LogP contribution is 2.12. The topological polar surface area (TPSA) is 74.8 Å². The van der Waals surface area contributed by atoms with Gasteiger partial charge in [0.05, 0.1) is 24.5 Å². The fraction of sp³-hybridized carbons (Fsp3) is 0.538. The highest BCUT2D eigenvalue weighted by atomic mass is 16.5. The molecule has 0 fully saturated rings. The summed E-state index contributed by atoms with van der Waals surface area (Å²) in [5, 5.41) is 12.3. The minimum Gasteiger partial charge on any atom is -0.461 e. The van der Waals surface area contributed by atoms with Gasteiger partial charge < -0.3 is 4.74 Å². The van der Waals surface area contributed by atoms with E-state index in [1.54, 1.807) is 16.3 Å². The molecule has 0 saturated carbocycles. The zero-order valence-electron chi connectivity index (χ0n) is 12.0. The van der Waals surface area contributed by atoms with E-state index in [1.165, 1.54) is 0 Å². The Hall–Kier alpha value is -2.18. The van der Waals surface area contributed by atoms with Crippen molar-refractivity contribution in [3.63, 3.8) is 0 Å². The van der Waals surface area contributed by atoms with Gasteiger partial charge >= 0.3 is 5.97 Å². The van der Waals surface area contributed by atoms with Crippen molar-refractivity contribution in [1.82, 2.24) is 24.8 Å². The first kappa shape index (κ1) is 14.2. The van der Waals surface area contributed by atoms with Crippen molar-refractivity contribution in [2.75, 3.05) is 6.61 Å². The number of carbonyl (C=O) groups excluding carboxylic acids is 1. The second-order valence-electron chi connectivity index (χ2n) is 4.49. The molecule has 0 saturated heterocycles. The summed E-state index contributed by atoms with van der Waals surface area (Å²) < 4.78 is 8.46. The average Bonchev–Trinajstić information content (AvgIpc) is 2.99. The number of nitrogens with zero attached hydrogens (tertiary/aromatic N) is 5. The number of aromatic nitrogens is 5. The number of carbonyl (C=O) groups is 1. The van der Waals surface area contributed by atoms with E-state index in [4.69, 9.17) is 4.74 Å². The van der Waals surface area contributed by atoms with E-state index in [9.17, 15) is 4.79 Å². The summed E-state index contributed by atoms with van der Waals surface area (Å²) in [6, 6.07) is 1.92. The van der Waals surface area contributed by atoms with Crippen LogP contribution in [0.3, 0.4) is 0 Å². The fourth-order valence-electron chi connectivity index (χ4n) is 2.00. The van der Waals surface area contributed by atoms with Crippen molar-refractivity contribution in [3.05, 3.63) is 29.3 Å². The lowest BCUT2D eigenvalue weighted by Gasteiger charge is -2.05. The molecule has 0 radical (unpaired) electrons. The second kappa shape index (κ2) is 6.31. The third-order valence-electron chi connectivity index (χ3n) is 2.87. The molecule has 0 bridgehead atoms. The van der Waals surface area contributed by atoms with Gasteiger partial charge in [0.25, 0.3) is 0 Å². The smallest absolute Gasteiger partial charge is 0.360 e. The number of hydrogen-bond donors (Lipinski definition) is 0. The van der Waals surface area contributed by atoms with Crippen LogP contribution in [0, 0.1) is 0 Å². The summed E-state index contributed by atoms with van der Waals surface area (Å²) in [5.41, 5.74) is 1.99. The summed E-state index contributed by atoms with van der Waals surface area (Å²) >= 11 is 0. The Bertz CT molecular complexity index is 587. The van der Waals surface area contributed by atoms with E-state index in [1.807, 2.05) is 26.2 Å². The molecule has 108 valence electrons. The molecule has 20 heavy (non-hydrogen) atoms. The molecule has 7 nitrogen and oxygen atoms in total. The maximum absolute atomic E-state index is 11.9. The van der Waals surface area contributed by atoms with Crippen LogP contribution in [0.25, 0.3) is 0 Å². The average molecular weight is 277 g/mol. The van der Waals surface area contributed by atoms with Gasteiger partial charge in [-0.15, -0.1) is 5.10 Å². The number of hydrogen-bond acceptors (Lipinski definition) is 5. The number of ether oxygens (including phenoxy) is 1. The van der Waals surface area contributed by atoms with Crippen LogP contribution in [0.15, 0.2) is 12.3 Å². The standard InChI is InChI=1S/C13H19N5O2/c1-4-6-11-12(13(19)20-5-2)14-16-18(11)9-10-7-8-17(3)15-10/h7-8H,4-6,9H2,1-3H3. The monoisotopic (exact) mass is 277 g/mol.